The molecule has 1 aliphatic heterocycles. The molecule has 1 fully saturated rings. The van der Waals surface area contributed by atoms with Crippen LogP contribution >= 0.6 is 0 Å². The maximum absolute atomic E-state index is 12.9. The summed E-state index contributed by atoms with van der Waals surface area (Å²) in [6.45, 7) is 2.00. The van der Waals surface area contributed by atoms with Crippen LogP contribution in [0.1, 0.15) is 40.9 Å². The number of benzene rings is 3. The first-order chi connectivity index (χ1) is 19.7. The molecule has 40 heavy (non-hydrogen) atoms. The predicted molar refractivity (Wildman–Crippen MR) is 157 cm³/mol. The van der Waals surface area contributed by atoms with Gasteiger partial charge in [0, 0.05) is 30.4 Å². The molecule has 6 nitrogen and oxygen atoms in total. The lowest BCUT2D eigenvalue weighted by Crippen LogP contribution is -2.41. The topological polar surface area (TPSA) is 71.5 Å². The van der Waals surface area contributed by atoms with E-state index in [1.165, 1.54) is 5.56 Å². The van der Waals surface area contributed by atoms with Crippen molar-refractivity contribution in [1.82, 2.24) is 15.2 Å². The van der Waals surface area contributed by atoms with Crippen molar-refractivity contribution in [2.24, 2.45) is 5.92 Å². The van der Waals surface area contributed by atoms with Gasteiger partial charge < -0.3 is 15.0 Å². The van der Waals surface area contributed by atoms with E-state index < -0.39 is 0 Å². The van der Waals surface area contributed by atoms with E-state index in [1.54, 1.807) is 6.20 Å². The number of carbonyl (C=O) groups is 2. The van der Waals surface area contributed by atoms with Gasteiger partial charge in [-0.2, -0.15) is 0 Å². The molecule has 0 saturated carbocycles. The fourth-order valence-corrected chi connectivity index (χ4v) is 5.12. The van der Waals surface area contributed by atoms with Crippen LogP contribution < -0.4 is 10.1 Å². The summed E-state index contributed by atoms with van der Waals surface area (Å²) in [5, 5.41) is 2.92. The van der Waals surface area contributed by atoms with Crippen LogP contribution in [0, 0.1) is 5.92 Å². The van der Waals surface area contributed by atoms with Gasteiger partial charge in [0.25, 0.3) is 11.8 Å². The van der Waals surface area contributed by atoms with Crippen molar-refractivity contribution < 1.29 is 14.3 Å². The highest BCUT2D eigenvalue weighted by molar-refractivity contribution is 5.94. The third kappa shape index (κ3) is 7.35. The largest absolute Gasteiger partial charge is 0.483 e. The lowest BCUT2D eigenvalue weighted by Gasteiger charge is -2.32. The van der Waals surface area contributed by atoms with Crippen molar-refractivity contribution >= 4 is 11.8 Å². The Morgan fingerprint density at radius 3 is 2.33 bits per heavy atom. The average molecular weight is 534 g/mol. The zero-order valence-corrected chi connectivity index (χ0v) is 22.7. The molecular weight excluding hydrogens is 498 g/mol. The average Bonchev–Trinajstić information content (AvgIpc) is 3.03. The second-order valence-electron chi connectivity index (χ2n) is 10.2. The Bertz CT molecular complexity index is 1380. The number of amides is 2. The van der Waals surface area contributed by atoms with Crippen LogP contribution in [-0.4, -0.2) is 41.4 Å². The van der Waals surface area contributed by atoms with Crippen molar-refractivity contribution in [2.75, 3.05) is 19.7 Å². The van der Waals surface area contributed by atoms with E-state index in [2.05, 4.69) is 10.3 Å². The highest BCUT2D eigenvalue weighted by Crippen LogP contribution is 2.30. The molecule has 204 valence electrons. The van der Waals surface area contributed by atoms with E-state index in [0.717, 1.165) is 61.3 Å². The lowest BCUT2D eigenvalue weighted by molar-refractivity contribution is -0.134. The molecule has 4 aromatic rings. The number of nitrogens with zero attached hydrogens (tertiary/aromatic N) is 2. The van der Waals surface area contributed by atoms with Crippen molar-refractivity contribution in [3.63, 3.8) is 0 Å². The monoisotopic (exact) mass is 533 g/mol. The van der Waals surface area contributed by atoms with Gasteiger partial charge in [-0.15, -0.1) is 0 Å². The number of para-hydroxylation sites is 1. The summed E-state index contributed by atoms with van der Waals surface area (Å²) in [5.41, 5.74) is 4.78. The van der Waals surface area contributed by atoms with E-state index >= 15 is 0 Å². The normalized spacial score (nSPS) is 13.6. The number of piperidine rings is 1. The Labute approximate surface area is 236 Å². The number of hydrogen-bond donors (Lipinski definition) is 1. The SMILES string of the molecule is O=C(NCc1ccccn1)c1ccc(CCC2CCN(C(=O)COc3ccccc3-c3ccccc3)CC2)cc1. The number of carbonyl (C=O) groups excluding carboxylic acids is 2. The lowest BCUT2D eigenvalue weighted by atomic mass is 9.90. The maximum atomic E-state index is 12.9. The molecule has 3 aromatic carbocycles. The van der Waals surface area contributed by atoms with Gasteiger partial charge >= 0.3 is 0 Å². The van der Waals surface area contributed by atoms with E-state index in [1.807, 2.05) is 102 Å². The quantitative estimate of drug-likeness (QED) is 0.274. The molecule has 0 unspecified atom stereocenters. The summed E-state index contributed by atoms with van der Waals surface area (Å²) in [6.07, 6.45) is 5.77. The molecule has 0 atom stereocenters. The molecule has 0 radical (unpaired) electrons. The van der Waals surface area contributed by atoms with Crippen molar-refractivity contribution in [2.45, 2.75) is 32.2 Å². The van der Waals surface area contributed by atoms with Gasteiger partial charge in [0.15, 0.2) is 6.61 Å². The van der Waals surface area contributed by atoms with Crippen LogP contribution in [0.15, 0.2) is 103 Å². The minimum atomic E-state index is -0.0956. The molecule has 0 bridgehead atoms. The van der Waals surface area contributed by atoms with Crippen molar-refractivity contribution in [3.05, 3.63) is 120 Å². The van der Waals surface area contributed by atoms with E-state index in [4.69, 9.17) is 4.74 Å². The van der Waals surface area contributed by atoms with Crippen LogP contribution in [0.5, 0.6) is 5.75 Å². The molecule has 1 aliphatic rings. The number of likely N-dealkylation sites (tertiary alicyclic amines) is 1. The third-order valence-corrected chi connectivity index (χ3v) is 7.50. The maximum Gasteiger partial charge on any atom is 0.260 e. The van der Waals surface area contributed by atoms with E-state index in [-0.39, 0.29) is 18.4 Å². The third-order valence-electron chi connectivity index (χ3n) is 7.50. The van der Waals surface area contributed by atoms with Crippen molar-refractivity contribution in [1.29, 1.82) is 0 Å². The molecule has 0 aliphatic carbocycles. The second-order valence-corrected chi connectivity index (χ2v) is 10.2. The fraction of sp³-hybridized carbons (Fsp3) is 0.265. The summed E-state index contributed by atoms with van der Waals surface area (Å²) >= 11 is 0. The van der Waals surface area contributed by atoms with E-state index in [0.29, 0.717) is 18.0 Å². The van der Waals surface area contributed by atoms with Gasteiger partial charge in [-0.25, -0.2) is 0 Å². The number of aromatic nitrogens is 1. The first-order valence-electron chi connectivity index (χ1n) is 14.0. The predicted octanol–water partition coefficient (Wildman–Crippen LogP) is 5.93. The second kappa shape index (κ2) is 13.6. The highest BCUT2D eigenvalue weighted by Gasteiger charge is 2.23. The van der Waals surface area contributed by atoms with Gasteiger partial charge in [-0.1, -0.05) is 66.7 Å². The molecule has 0 spiro atoms. The summed E-state index contributed by atoms with van der Waals surface area (Å²) in [7, 11) is 0. The first kappa shape index (κ1) is 27.1. The van der Waals surface area contributed by atoms with Crippen molar-refractivity contribution in [3.8, 4) is 16.9 Å². The van der Waals surface area contributed by atoms with Crippen LogP contribution in [0.3, 0.4) is 0 Å². The van der Waals surface area contributed by atoms with E-state index in [9.17, 15) is 9.59 Å². The van der Waals surface area contributed by atoms with Gasteiger partial charge in [-0.05, 0) is 73.1 Å². The Hall–Kier alpha value is -4.45. The first-order valence-corrected chi connectivity index (χ1v) is 14.0. The minimum Gasteiger partial charge on any atom is -0.483 e. The molecule has 2 amide bonds. The number of hydrogen-bond acceptors (Lipinski definition) is 4. The molecule has 1 saturated heterocycles. The summed E-state index contributed by atoms with van der Waals surface area (Å²) in [6, 6.07) is 31.5. The fourth-order valence-electron chi connectivity index (χ4n) is 5.12. The van der Waals surface area contributed by atoms with Crippen LogP contribution in [0.4, 0.5) is 0 Å². The molecule has 2 heterocycles. The zero-order valence-electron chi connectivity index (χ0n) is 22.7. The standard InChI is InChI=1S/C34H35N3O3/c38-33(25-40-32-12-5-4-11-31(32)28-8-2-1-3-9-28)37-22-19-27(20-23-37)14-13-26-15-17-29(18-16-26)34(39)36-24-30-10-6-7-21-35-30/h1-12,15-18,21,27H,13-14,19-20,22-25H2,(H,36,39). The summed E-state index contributed by atoms with van der Waals surface area (Å²) in [4.78, 5) is 31.5. The Kier molecular flexibility index (Phi) is 9.20. The van der Waals surface area contributed by atoms with Crippen LogP contribution in [0.2, 0.25) is 0 Å². The Morgan fingerprint density at radius 1 is 0.850 bits per heavy atom. The van der Waals surface area contributed by atoms with Gasteiger partial charge in [-0.3, -0.25) is 14.6 Å². The highest BCUT2D eigenvalue weighted by atomic mass is 16.5. The van der Waals surface area contributed by atoms with Gasteiger partial charge in [0.2, 0.25) is 0 Å². The van der Waals surface area contributed by atoms with Gasteiger partial charge in [0.1, 0.15) is 5.75 Å². The number of ether oxygens (including phenoxy) is 1. The summed E-state index contributed by atoms with van der Waals surface area (Å²) in [5.74, 6) is 1.26. The number of rotatable bonds is 10. The Morgan fingerprint density at radius 2 is 1.57 bits per heavy atom. The molecular formula is C34H35N3O3. The van der Waals surface area contributed by atoms with Crippen LogP contribution in [0.25, 0.3) is 11.1 Å². The molecule has 1 N–H and O–H groups in total. The number of nitrogens with one attached hydrogen (secondary N) is 1. The number of pyridine rings is 1. The molecule has 6 heteroatoms. The Balaban J connectivity index is 1.03. The number of aryl methyl sites for hydroxylation is 1. The minimum absolute atomic E-state index is 0.0400. The summed E-state index contributed by atoms with van der Waals surface area (Å²) < 4.78 is 5.98. The smallest absolute Gasteiger partial charge is 0.260 e. The zero-order chi connectivity index (χ0) is 27.6. The molecule has 5 rings (SSSR count). The molecule has 1 aromatic heterocycles. The van der Waals surface area contributed by atoms with Gasteiger partial charge in [0.05, 0.1) is 12.2 Å². The van der Waals surface area contributed by atoms with Crippen LogP contribution in [-0.2, 0) is 17.8 Å².